The van der Waals surface area contributed by atoms with Gasteiger partial charge in [0.2, 0.25) is 0 Å². The Hall–Kier alpha value is -4.20. The minimum absolute atomic E-state index is 0.340. The van der Waals surface area contributed by atoms with E-state index in [0.717, 1.165) is 38.5 Å². The fraction of sp³-hybridized carbons (Fsp3) is 0.0938. The number of carboxylic acid groups (broad SMARTS) is 1. The van der Waals surface area contributed by atoms with Crippen LogP contribution in [-0.4, -0.2) is 23.4 Å². The molecule has 0 saturated heterocycles. The molecule has 0 aliphatic carbocycles. The molecule has 4 rings (SSSR count). The van der Waals surface area contributed by atoms with E-state index in [9.17, 15) is 4.79 Å². The molecule has 0 saturated carbocycles. The number of aryl methyl sites for hydroxylation is 1. The topological polar surface area (TPSA) is 46.5 Å². The minimum Gasteiger partial charge on any atom is -0.482 e. The third-order valence-corrected chi connectivity index (χ3v) is 6.36. The monoisotopic (exact) mass is 490 g/mol. The Bertz CT molecular complexity index is 1400. The van der Waals surface area contributed by atoms with E-state index < -0.39 is 5.97 Å². The molecule has 0 aliphatic rings. The molecule has 1 N–H and O–H groups in total. The van der Waals surface area contributed by atoms with Crippen LogP contribution in [0.4, 0.5) is 0 Å². The highest BCUT2D eigenvalue weighted by atomic mass is 32.2. The molecular formula is C32H26O3S. The molecule has 0 fully saturated rings. The van der Waals surface area contributed by atoms with Crippen LogP contribution in [0.2, 0.25) is 0 Å². The summed E-state index contributed by atoms with van der Waals surface area (Å²) < 4.78 is 5.33. The van der Waals surface area contributed by atoms with E-state index in [0.29, 0.717) is 5.75 Å². The normalized spacial score (nSPS) is 10.9. The van der Waals surface area contributed by atoms with Crippen molar-refractivity contribution in [2.24, 2.45) is 0 Å². The molecule has 0 aliphatic heterocycles. The zero-order valence-corrected chi connectivity index (χ0v) is 20.8. The maximum absolute atomic E-state index is 10.8. The van der Waals surface area contributed by atoms with E-state index in [4.69, 9.17) is 9.84 Å². The van der Waals surface area contributed by atoms with E-state index in [2.05, 4.69) is 66.4 Å². The molecule has 4 aromatic carbocycles. The molecule has 0 heterocycles. The average molecular weight is 491 g/mol. The number of benzene rings is 4. The van der Waals surface area contributed by atoms with E-state index in [1.165, 1.54) is 5.57 Å². The van der Waals surface area contributed by atoms with Gasteiger partial charge in [0, 0.05) is 21.8 Å². The molecule has 0 unspecified atom stereocenters. The summed E-state index contributed by atoms with van der Waals surface area (Å²) in [6.07, 6.45) is 2.24. The summed E-state index contributed by atoms with van der Waals surface area (Å²) in [6, 6.07) is 34.5. The third kappa shape index (κ3) is 7.15. The Kier molecular flexibility index (Phi) is 8.64. The van der Waals surface area contributed by atoms with Crippen molar-refractivity contribution in [1.82, 2.24) is 0 Å². The largest absolute Gasteiger partial charge is 0.482 e. The van der Waals surface area contributed by atoms with Crippen LogP contribution in [0.3, 0.4) is 0 Å². The van der Waals surface area contributed by atoms with Gasteiger partial charge >= 0.3 is 5.97 Å². The molecule has 36 heavy (non-hydrogen) atoms. The maximum Gasteiger partial charge on any atom is 0.341 e. The van der Waals surface area contributed by atoms with E-state index in [1.54, 1.807) is 11.8 Å². The Morgan fingerprint density at radius 3 is 2.08 bits per heavy atom. The van der Waals surface area contributed by atoms with Gasteiger partial charge in [-0.3, -0.25) is 0 Å². The summed E-state index contributed by atoms with van der Waals surface area (Å²) in [5.41, 5.74) is 6.37. The molecule has 0 amide bonds. The molecule has 3 nitrogen and oxygen atoms in total. The van der Waals surface area contributed by atoms with Gasteiger partial charge in [-0.25, -0.2) is 4.79 Å². The first kappa shape index (κ1) is 24.9. The number of thioether (sulfide) groups is 1. The van der Waals surface area contributed by atoms with Crippen molar-refractivity contribution in [2.45, 2.75) is 11.8 Å². The third-order valence-electron chi connectivity index (χ3n) is 5.44. The smallest absolute Gasteiger partial charge is 0.341 e. The van der Waals surface area contributed by atoms with Crippen LogP contribution in [0.5, 0.6) is 5.75 Å². The van der Waals surface area contributed by atoms with Gasteiger partial charge in [0.1, 0.15) is 5.75 Å². The second-order valence-electron chi connectivity index (χ2n) is 8.10. The predicted molar refractivity (Wildman–Crippen MR) is 147 cm³/mol. The molecular weight excluding hydrogens is 464 g/mol. The predicted octanol–water partition coefficient (Wildman–Crippen LogP) is 7.08. The SMILES string of the molecule is Cc1cc(SCC=C(c2ccccc2)c2ccc(C#Cc3ccccc3)cc2)ccc1OCC(=O)O. The van der Waals surface area contributed by atoms with Crippen molar-refractivity contribution in [3.05, 3.63) is 137 Å². The summed E-state index contributed by atoms with van der Waals surface area (Å²) in [4.78, 5) is 11.9. The van der Waals surface area contributed by atoms with Crippen LogP contribution < -0.4 is 4.74 Å². The van der Waals surface area contributed by atoms with Crippen LogP contribution in [-0.2, 0) is 4.79 Å². The fourth-order valence-electron chi connectivity index (χ4n) is 3.65. The summed E-state index contributed by atoms with van der Waals surface area (Å²) in [5.74, 6) is 6.85. The highest BCUT2D eigenvalue weighted by molar-refractivity contribution is 7.99. The maximum atomic E-state index is 10.8. The molecule has 178 valence electrons. The van der Waals surface area contributed by atoms with Crippen LogP contribution in [0.1, 0.15) is 27.8 Å². The number of carboxylic acids is 1. The van der Waals surface area contributed by atoms with E-state index in [-0.39, 0.29) is 6.61 Å². The van der Waals surface area contributed by atoms with Gasteiger partial charge in [0.15, 0.2) is 6.61 Å². The van der Waals surface area contributed by atoms with Crippen molar-refractivity contribution in [3.8, 4) is 17.6 Å². The zero-order chi connectivity index (χ0) is 25.2. The number of ether oxygens (including phenoxy) is 1. The highest BCUT2D eigenvalue weighted by Crippen LogP contribution is 2.29. The molecule has 4 aromatic rings. The standard InChI is InChI=1S/C32H26O3S/c1-24-22-29(18-19-31(24)35-23-32(33)34)36-21-20-30(27-10-6-3-7-11-27)28-16-14-26(15-17-28)13-12-25-8-4-2-5-9-25/h2-11,14-20,22H,21,23H2,1H3,(H,33,34). The number of aliphatic carboxylic acids is 1. The number of hydrogen-bond donors (Lipinski definition) is 1. The van der Waals surface area contributed by atoms with Gasteiger partial charge in [-0.1, -0.05) is 78.6 Å². The first-order valence-corrected chi connectivity index (χ1v) is 12.6. The van der Waals surface area contributed by atoms with Crippen molar-refractivity contribution in [1.29, 1.82) is 0 Å². The second-order valence-corrected chi connectivity index (χ2v) is 9.19. The fourth-order valence-corrected chi connectivity index (χ4v) is 4.52. The van der Waals surface area contributed by atoms with Gasteiger partial charge in [-0.05, 0) is 71.7 Å². The van der Waals surface area contributed by atoms with Crippen molar-refractivity contribution in [2.75, 3.05) is 12.4 Å². The second kappa shape index (κ2) is 12.5. The van der Waals surface area contributed by atoms with Gasteiger partial charge in [-0.15, -0.1) is 11.8 Å². The lowest BCUT2D eigenvalue weighted by Crippen LogP contribution is -2.09. The first-order chi connectivity index (χ1) is 17.6. The van der Waals surface area contributed by atoms with Crippen LogP contribution in [0.15, 0.2) is 114 Å². The van der Waals surface area contributed by atoms with Gasteiger partial charge in [0.05, 0.1) is 0 Å². The lowest BCUT2D eigenvalue weighted by molar-refractivity contribution is -0.139. The summed E-state index contributed by atoms with van der Waals surface area (Å²) in [7, 11) is 0. The van der Waals surface area contributed by atoms with Gasteiger partial charge < -0.3 is 9.84 Å². The molecule has 4 heteroatoms. The average Bonchev–Trinajstić information content (AvgIpc) is 2.91. The summed E-state index contributed by atoms with van der Waals surface area (Å²) in [6.45, 7) is 1.59. The highest BCUT2D eigenvalue weighted by Gasteiger charge is 2.07. The van der Waals surface area contributed by atoms with E-state index >= 15 is 0 Å². The number of carbonyl (C=O) groups is 1. The van der Waals surface area contributed by atoms with E-state index in [1.807, 2.05) is 61.5 Å². The van der Waals surface area contributed by atoms with Crippen LogP contribution in [0, 0.1) is 18.8 Å². The van der Waals surface area contributed by atoms with Crippen molar-refractivity contribution >= 4 is 23.3 Å². The molecule has 0 aromatic heterocycles. The Labute approximate surface area is 216 Å². The zero-order valence-electron chi connectivity index (χ0n) is 20.0. The Morgan fingerprint density at radius 1 is 0.833 bits per heavy atom. The van der Waals surface area contributed by atoms with Gasteiger partial charge in [-0.2, -0.15) is 0 Å². The van der Waals surface area contributed by atoms with Crippen LogP contribution in [0.25, 0.3) is 5.57 Å². The quantitative estimate of drug-likeness (QED) is 0.212. The Balaban J connectivity index is 1.50. The minimum atomic E-state index is -0.984. The molecule has 0 bridgehead atoms. The lowest BCUT2D eigenvalue weighted by atomic mass is 9.97. The Morgan fingerprint density at radius 2 is 1.44 bits per heavy atom. The lowest BCUT2D eigenvalue weighted by Gasteiger charge is -2.10. The number of rotatable bonds is 8. The summed E-state index contributed by atoms with van der Waals surface area (Å²) in [5, 5.41) is 8.82. The molecule has 0 radical (unpaired) electrons. The molecule has 0 spiro atoms. The van der Waals surface area contributed by atoms with Crippen molar-refractivity contribution < 1.29 is 14.6 Å². The van der Waals surface area contributed by atoms with Crippen LogP contribution >= 0.6 is 11.8 Å². The number of hydrogen-bond acceptors (Lipinski definition) is 3. The van der Waals surface area contributed by atoms with Gasteiger partial charge in [0.25, 0.3) is 0 Å². The molecule has 0 atom stereocenters. The first-order valence-electron chi connectivity index (χ1n) is 11.6. The summed E-state index contributed by atoms with van der Waals surface area (Å²) >= 11 is 1.72. The van der Waals surface area contributed by atoms with Crippen molar-refractivity contribution in [3.63, 3.8) is 0 Å².